The standard InChI is InChI=1S/C14H15BrO3Se/c15-11-10-8-14(16-6-7-17-14)13(18-10)12(11)19-9-4-2-1-3-5-9/h1-5,10-13H,6-8H2/t10-,11+,12-,13-/m0/s1. The molecule has 3 heterocycles. The van der Waals surface area contributed by atoms with Crippen LogP contribution in [0.4, 0.5) is 0 Å². The molecular weight excluding hydrogens is 375 g/mol. The zero-order valence-corrected chi connectivity index (χ0v) is 13.6. The molecule has 0 amide bonds. The van der Waals surface area contributed by atoms with Gasteiger partial charge in [0.15, 0.2) is 0 Å². The normalized spacial score (nSPS) is 39.2. The van der Waals surface area contributed by atoms with Crippen molar-refractivity contribution < 1.29 is 14.2 Å². The van der Waals surface area contributed by atoms with Crippen LogP contribution in [0.15, 0.2) is 30.3 Å². The van der Waals surface area contributed by atoms with E-state index in [1.165, 1.54) is 4.46 Å². The Bertz CT molecular complexity index is 463. The number of hydrogen-bond donors (Lipinski definition) is 0. The van der Waals surface area contributed by atoms with Gasteiger partial charge in [0.25, 0.3) is 0 Å². The molecule has 0 radical (unpaired) electrons. The fourth-order valence-electron chi connectivity index (χ4n) is 3.17. The number of rotatable bonds is 2. The van der Waals surface area contributed by atoms with Gasteiger partial charge in [0, 0.05) is 0 Å². The minimum absolute atomic E-state index is 0.0876. The SMILES string of the molecule is Br[C@H]1[C@H]([Se]c2ccccc2)[C@@H]2O[C@H]1CC21OCCO1. The zero-order chi connectivity index (χ0) is 12.9. The van der Waals surface area contributed by atoms with Crippen molar-refractivity contribution in [2.75, 3.05) is 13.2 Å². The first-order valence-electron chi connectivity index (χ1n) is 6.58. The number of fused-ring (bicyclic) bond motifs is 3. The molecule has 4 rings (SSSR count). The zero-order valence-electron chi connectivity index (χ0n) is 10.3. The first-order chi connectivity index (χ1) is 9.28. The average molecular weight is 390 g/mol. The Morgan fingerprint density at radius 1 is 1.16 bits per heavy atom. The first kappa shape index (κ1) is 12.8. The molecule has 0 aromatic heterocycles. The Morgan fingerprint density at radius 2 is 1.89 bits per heavy atom. The van der Waals surface area contributed by atoms with Gasteiger partial charge < -0.3 is 0 Å². The second-order valence-electron chi connectivity index (χ2n) is 5.15. The van der Waals surface area contributed by atoms with E-state index in [-0.39, 0.29) is 12.2 Å². The molecule has 1 aromatic carbocycles. The van der Waals surface area contributed by atoms with Gasteiger partial charge >= 0.3 is 127 Å². The van der Waals surface area contributed by atoms with Gasteiger partial charge in [-0.15, -0.1) is 0 Å². The van der Waals surface area contributed by atoms with Crippen LogP contribution in [0.3, 0.4) is 0 Å². The monoisotopic (exact) mass is 390 g/mol. The molecule has 4 atom stereocenters. The molecular formula is C14H15BrO3Se. The van der Waals surface area contributed by atoms with E-state index in [1.54, 1.807) is 0 Å². The third-order valence-electron chi connectivity index (χ3n) is 4.00. The van der Waals surface area contributed by atoms with E-state index in [0.29, 0.717) is 37.8 Å². The maximum atomic E-state index is 6.13. The minimum atomic E-state index is -0.448. The number of hydrogen-bond acceptors (Lipinski definition) is 3. The van der Waals surface area contributed by atoms with Crippen molar-refractivity contribution in [2.24, 2.45) is 0 Å². The fraction of sp³-hybridized carbons (Fsp3) is 0.571. The summed E-state index contributed by atoms with van der Waals surface area (Å²) in [5.41, 5.74) is 0. The van der Waals surface area contributed by atoms with Crippen molar-refractivity contribution in [1.29, 1.82) is 0 Å². The van der Waals surface area contributed by atoms with Gasteiger partial charge in [-0.3, -0.25) is 0 Å². The predicted molar refractivity (Wildman–Crippen MR) is 76.2 cm³/mol. The molecule has 5 heteroatoms. The van der Waals surface area contributed by atoms with Crippen LogP contribution in [0.1, 0.15) is 6.42 Å². The van der Waals surface area contributed by atoms with Gasteiger partial charge in [0.2, 0.25) is 0 Å². The van der Waals surface area contributed by atoms with E-state index < -0.39 is 5.79 Å². The van der Waals surface area contributed by atoms with E-state index in [9.17, 15) is 0 Å². The van der Waals surface area contributed by atoms with Crippen LogP contribution in [0, 0.1) is 0 Å². The van der Waals surface area contributed by atoms with Gasteiger partial charge in [-0.05, 0) is 0 Å². The third-order valence-corrected chi connectivity index (χ3v) is 8.79. The summed E-state index contributed by atoms with van der Waals surface area (Å²) in [6, 6.07) is 10.7. The summed E-state index contributed by atoms with van der Waals surface area (Å²) in [6.45, 7) is 1.40. The quantitative estimate of drug-likeness (QED) is 0.566. The summed E-state index contributed by atoms with van der Waals surface area (Å²) in [7, 11) is 0. The summed E-state index contributed by atoms with van der Waals surface area (Å²) < 4.78 is 19.3. The Balaban J connectivity index is 1.58. The summed E-state index contributed by atoms with van der Waals surface area (Å²) in [5.74, 6) is -0.448. The second kappa shape index (κ2) is 4.83. The molecule has 3 saturated heterocycles. The van der Waals surface area contributed by atoms with Gasteiger partial charge in [-0.1, -0.05) is 0 Å². The average Bonchev–Trinajstić information content (AvgIpc) is 3.11. The van der Waals surface area contributed by atoms with Crippen molar-refractivity contribution in [3.8, 4) is 0 Å². The molecule has 3 fully saturated rings. The number of ether oxygens (including phenoxy) is 3. The number of halogens is 1. The van der Waals surface area contributed by atoms with Crippen LogP contribution in [-0.4, -0.2) is 51.0 Å². The van der Waals surface area contributed by atoms with Gasteiger partial charge in [-0.2, -0.15) is 0 Å². The van der Waals surface area contributed by atoms with Crippen LogP contribution >= 0.6 is 15.9 Å². The Labute approximate surface area is 127 Å². The Kier molecular flexibility index (Phi) is 3.26. The molecule has 19 heavy (non-hydrogen) atoms. The van der Waals surface area contributed by atoms with Crippen LogP contribution in [0.2, 0.25) is 4.82 Å². The molecule has 1 spiro atoms. The molecule has 3 aliphatic heterocycles. The number of benzene rings is 1. The van der Waals surface area contributed by atoms with Crippen molar-refractivity contribution in [1.82, 2.24) is 0 Å². The van der Waals surface area contributed by atoms with Crippen molar-refractivity contribution >= 4 is 35.3 Å². The topological polar surface area (TPSA) is 27.7 Å². The van der Waals surface area contributed by atoms with E-state index in [2.05, 4.69) is 46.3 Å². The van der Waals surface area contributed by atoms with Gasteiger partial charge in [0.1, 0.15) is 0 Å². The van der Waals surface area contributed by atoms with Crippen molar-refractivity contribution in [3.63, 3.8) is 0 Å². The van der Waals surface area contributed by atoms with Crippen LogP contribution in [0.25, 0.3) is 0 Å². The van der Waals surface area contributed by atoms with Crippen molar-refractivity contribution in [3.05, 3.63) is 30.3 Å². The molecule has 3 aliphatic rings. The van der Waals surface area contributed by atoms with E-state index >= 15 is 0 Å². The second-order valence-corrected chi connectivity index (χ2v) is 8.83. The van der Waals surface area contributed by atoms with E-state index in [4.69, 9.17) is 14.2 Å². The first-order valence-corrected chi connectivity index (χ1v) is 9.34. The third kappa shape index (κ3) is 2.03. The molecule has 0 unspecified atom stereocenters. The summed E-state index contributed by atoms with van der Waals surface area (Å²) in [4.78, 5) is 0.905. The molecule has 3 nitrogen and oxygen atoms in total. The Hall–Kier alpha value is 0.0995. The molecule has 1 aromatic rings. The van der Waals surface area contributed by atoms with Gasteiger partial charge in [0.05, 0.1) is 0 Å². The number of alkyl halides is 1. The summed E-state index contributed by atoms with van der Waals surface area (Å²) in [5, 5.41) is 0. The fourth-order valence-corrected chi connectivity index (χ4v) is 7.10. The molecule has 0 N–H and O–H groups in total. The maximum absolute atomic E-state index is 6.13. The molecule has 102 valence electrons. The van der Waals surface area contributed by atoms with E-state index in [1.807, 2.05) is 0 Å². The predicted octanol–water partition coefficient (Wildman–Crippen LogP) is 1.48. The molecule has 0 saturated carbocycles. The molecule has 0 aliphatic carbocycles. The van der Waals surface area contributed by atoms with Crippen LogP contribution in [-0.2, 0) is 14.2 Å². The summed E-state index contributed by atoms with van der Waals surface area (Å²) in [6.07, 6.45) is 1.19. The Morgan fingerprint density at radius 3 is 2.58 bits per heavy atom. The van der Waals surface area contributed by atoms with Crippen molar-refractivity contribution in [2.45, 2.75) is 34.1 Å². The van der Waals surface area contributed by atoms with Gasteiger partial charge in [-0.25, -0.2) is 0 Å². The van der Waals surface area contributed by atoms with Crippen LogP contribution in [0.5, 0.6) is 0 Å². The van der Waals surface area contributed by atoms with Crippen LogP contribution < -0.4 is 4.46 Å². The molecule has 2 bridgehead atoms. The van der Waals surface area contributed by atoms with E-state index in [0.717, 1.165) is 6.42 Å². The summed E-state index contributed by atoms with van der Waals surface area (Å²) >= 11 is 4.20.